The number of hydrogen-bond acceptors (Lipinski definition) is 4. The fourth-order valence-corrected chi connectivity index (χ4v) is 3.76. The van der Waals surface area contributed by atoms with Crippen molar-refractivity contribution in [3.05, 3.63) is 60.3 Å². The number of piperidine rings is 1. The van der Waals surface area contributed by atoms with Crippen LogP contribution >= 0.6 is 0 Å². The number of fused-ring (bicyclic) bond motifs is 1. The molecule has 1 aromatic heterocycles. The van der Waals surface area contributed by atoms with Crippen LogP contribution in [0.1, 0.15) is 36.5 Å². The van der Waals surface area contributed by atoms with Gasteiger partial charge in [0, 0.05) is 24.7 Å². The van der Waals surface area contributed by atoms with E-state index in [-0.39, 0.29) is 5.91 Å². The zero-order valence-electron chi connectivity index (χ0n) is 16.1. The molecule has 2 aromatic carbocycles. The Kier molecular flexibility index (Phi) is 5.42. The van der Waals surface area contributed by atoms with E-state index in [1.165, 1.54) is 19.3 Å². The summed E-state index contributed by atoms with van der Waals surface area (Å²) in [4.78, 5) is 20.1. The minimum Gasteiger partial charge on any atom is -0.492 e. The van der Waals surface area contributed by atoms with Crippen LogP contribution in [0.2, 0.25) is 0 Å². The van der Waals surface area contributed by atoms with Gasteiger partial charge < -0.3 is 15.0 Å². The second-order valence-corrected chi connectivity index (χ2v) is 6.97. The van der Waals surface area contributed by atoms with Crippen LogP contribution in [0, 0.1) is 0 Å². The number of nitrogens with one attached hydrogen (secondary N) is 1. The van der Waals surface area contributed by atoms with Gasteiger partial charge in [-0.2, -0.15) is 0 Å². The molecule has 1 aliphatic heterocycles. The molecule has 1 saturated heterocycles. The lowest BCUT2D eigenvalue weighted by molar-refractivity contribution is 0.102. The van der Waals surface area contributed by atoms with Crippen LogP contribution in [0.4, 0.5) is 11.5 Å². The molecule has 0 bridgehead atoms. The minimum atomic E-state index is -0.180. The molecule has 0 unspecified atom stereocenters. The van der Waals surface area contributed by atoms with E-state index >= 15 is 0 Å². The molecule has 28 heavy (non-hydrogen) atoms. The first-order valence-corrected chi connectivity index (χ1v) is 9.94. The number of carbonyl (C=O) groups is 1. The van der Waals surface area contributed by atoms with Gasteiger partial charge in [-0.15, -0.1) is 0 Å². The summed E-state index contributed by atoms with van der Waals surface area (Å²) in [7, 11) is 0. The number of anilines is 2. The number of para-hydroxylation sites is 2. The van der Waals surface area contributed by atoms with Crippen molar-refractivity contribution < 1.29 is 9.53 Å². The maximum absolute atomic E-state index is 13.1. The van der Waals surface area contributed by atoms with Crippen LogP contribution in [0.3, 0.4) is 0 Å². The fourth-order valence-electron chi connectivity index (χ4n) is 3.76. The summed E-state index contributed by atoms with van der Waals surface area (Å²) < 4.78 is 5.62. The number of rotatable bonds is 5. The molecule has 0 radical (unpaired) electrons. The molecule has 1 N–H and O–H groups in total. The Morgan fingerprint density at radius 3 is 2.54 bits per heavy atom. The Labute approximate surface area is 165 Å². The molecule has 144 valence electrons. The molecule has 1 fully saturated rings. The smallest absolute Gasteiger partial charge is 0.257 e. The van der Waals surface area contributed by atoms with Gasteiger partial charge in [0.1, 0.15) is 11.6 Å². The lowest BCUT2D eigenvalue weighted by atomic mass is 10.0. The van der Waals surface area contributed by atoms with Crippen LogP contribution in [0.25, 0.3) is 10.8 Å². The zero-order valence-corrected chi connectivity index (χ0v) is 16.1. The highest BCUT2D eigenvalue weighted by molar-refractivity contribution is 6.14. The third-order valence-corrected chi connectivity index (χ3v) is 5.11. The molecule has 0 atom stereocenters. The topological polar surface area (TPSA) is 54.5 Å². The predicted molar refractivity (Wildman–Crippen MR) is 113 cm³/mol. The summed E-state index contributed by atoms with van der Waals surface area (Å²) in [6, 6.07) is 15.5. The number of amides is 1. The highest BCUT2D eigenvalue weighted by Crippen LogP contribution is 2.30. The molecule has 0 saturated carbocycles. The zero-order chi connectivity index (χ0) is 19.3. The second kappa shape index (κ2) is 8.30. The predicted octanol–water partition coefficient (Wildman–Crippen LogP) is 4.88. The summed E-state index contributed by atoms with van der Waals surface area (Å²) in [5, 5.41) is 4.93. The van der Waals surface area contributed by atoms with Gasteiger partial charge >= 0.3 is 0 Å². The van der Waals surface area contributed by atoms with Gasteiger partial charge in [-0.25, -0.2) is 4.98 Å². The Morgan fingerprint density at radius 2 is 1.75 bits per heavy atom. The average Bonchev–Trinajstić information content (AvgIpc) is 2.75. The maximum Gasteiger partial charge on any atom is 0.257 e. The highest BCUT2D eigenvalue weighted by Gasteiger charge is 2.19. The number of ether oxygens (including phenoxy) is 1. The van der Waals surface area contributed by atoms with Crippen molar-refractivity contribution in [3.8, 4) is 5.75 Å². The lowest BCUT2D eigenvalue weighted by Crippen LogP contribution is -2.30. The van der Waals surface area contributed by atoms with Crippen LogP contribution in [0.15, 0.2) is 54.7 Å². The SMILES string of the molecule is CCOc1ccccc1NC(=O)c1cnc(N2CCCCC2)c2ccccc12. The standard InChI is InChI=1S/C23H25N3O2/c1-2-28-21-13-7-6-12-20(21)25-23(27)19-16-24-22(26-14-8-3-9-15-26)18-11-5-4-10-17(18)19/h4-7,10-13,16H,2-3,8-9,14-15H2,1H3,(H,25,27). The van der Waals surface area contributed by atoms with Gasteiger partial charge in [0.15, 0.2) is 0 Å². The molecule has 1 aliphatic rings. The van der Waals surface area contributed by atoms with Gasteiger partial charge in [0.2, 0.25) is 0 Å². The van der Waals surface area contributed by atoms with Crippen molar-refractivity contribution >= 4 is 28.2 Å². The van der Waals surface area contributed by atoms with Crippen molar-refractivity contribution in [2.24, 2.45) is 0 Å². The number of hydrogen-bond donors (Lipinski definition) is 1. The van der Waals surface area contributed by atoms with Crippen molar-refractivity contribution in [1.82, 2.24) is 4.98 Å². The Morgan fingerprint density at radius 1 is 1.04 bits per heavy atom. The first kappa shape index (κ1) is 18.3. The summed E-state index contributed by atoms with van der Waals surface area (Å²) in [6.45, 7) is 4.51. The molecular formula is C23H25N3O2. The molecule has 5 nitrogen and oxygen atoms in total. The van der Waals surface area contributed by atoms with Crippen LogP contribution in [-0.2, 0) is 0 Å². The van der Waals surface area contributed by atoms with Crippen molar-refractivity contribution in [2.75, 3.05) is 29.9 Å². The number of nitrogens with zero attached hydrogens (tertiary/aromatic N) is 2. The summed E-state index contributed by atoms with van der Waals surface area (Å²) in [6.07, 6.45) is 5.35. The molecule has 4 rings (SSSR count). The third kappa shape index (κ3) is 3.65. The molecular weight excluding hydrogens is 350 g/mol. The van der Waals surface area contributed by atoms with E-state index < -0.39 is 0 Å². The quantitative estimate of drug-likeness (QED) is 0.691. The summed E-state index contributed by atoms with van der Waals surface area (Å²) >= 11 is 0. The molecule has 2 heterocycles. The molecule has 0 aliphatic carbocycles. The summed E-state index contributed by atoms with van der Waals surface area (Å²) in [5.74, 6) is 1.46. The number of carbonyl (C=O) groups excluding carboxylic acids is 1. The van der Waals surface area contributed by atoms with Crippen LogP contribution < -0.4 is 15.0 Å². The first-order chi connectivity index (χ1) is 13.8. The minimum absolute atomic E-state index is 0.180. The van der Waals surface area contributed by atoms with Crippen molar-refractivity contribution in [1.29, 1.82) is 0 Å². The second-order valence-electron chi connectivity index (χ2n) is 6.97. The number of pyridine rings is 1. The monoisotopic (exact) mass is 375 g/mol. The molecule has 3 aromatic rings. The first-order valence-electron chi connectivity index (χ1n) is 9.94. The van der Waals surface area contributed by atoms with Crippen molar-refractivity contribution in [2.45, 2.75) is 26.2 Å². The Hall–Kier alpha value is -3.08. The van der Waals surface area contributed by atoms with E-state index in [9.17, 15) is 4.79 Å². The van der Waals surface area contributed by atoms with Gasteiger partial charge in [0.25, 0.3) is 5.91 Å². The average molecular weight is 375 g/mol. The van der Waals surface area contributed by atoms with Gasteiger partial charge in [0.05, 0.1) is 17.9 Å². The normalized spacial score (nSPS) is 14.1. The molecule has 1 amide bonds. The lowest BCUT2D eigenvalue weighted by Gasteiger charge is -2.29. The fraction of sp³-hybridized carbons (Fsp3) is 0.304. The highest BCUT2D eigenvalue weighted by atomic mass is 16.5. The van der Waals surface area contributed by atoms with Gasteiger partial charge in [-0.3, -0.25) is 4.79 Å². The van der Waals surface area contributed by atoms with Gasteiger partial charge in [-0.05, 0) is 43.7 Å². The van der Waals surface area contributed by atoms with Crippen LogP contribution in [-0.4, -0.2) is 30.6 Å². The number of benzene rings is 2. The van der Waals surface area contributed by atoms with E-state index in [0.29, 0.717) is 23.6 Å². The number of aromatic nitrogens is 1. The third-order valence-electron chi connectivity index (χ3n) is 5.11. The maximum atomic E-state index is 13.1. The molecule has 5 heteroatoms. The summed E-state index contributed by atoms with van der Waals surface area (Å²) in [5.41, 5.74) is 1.24. The largest absolute Gasteiger partial charge is 0.492 e. The van der Waals surface area contributed by atoms with E-state index in [2.05, 4.69) is 21.3 Å². The van der Waals surface area contributed by atoms with Gasteiger partial charge in [-0.1, -0.05) is 36.4 Å². The van der Waals surface area contributed by atoms with E-state index in [0.717, 1.165) is 29.7 Å². The Balaban J connectivity index is 1.68. The van der Waals surface area contributed by atoms with Crippen molar-refractivity contribution in [3.63, 3.8) is 0 Å². The van der Waals surface area contributed by atoms with E-state index in [4.69, 9.17) is 4.74 Å². The Bertz CT molecular complexity index is 980. The van der Waals surface area contributed by atoms with E-state index in [1.807, 2.05) is 49.4 Å². The van der Waals surface area contributed by atoms with Crippen LogP contribution in [0.5, 0.6) is 5.75 Å². The molecule has 0 spiro atoms. The van der Waals surface area contributed by atoms with E-state index in [1.54, 1.807) is 6.20 Å².